The van der Waals surface area contributed by atoms with E-state index in [0.29, 0.717) is 45.0 Å². The molecule has 0 amide bonds. The van der Waals surface area contributed by atoms with Gasteiger partial charge in [-0.15, -0.1) is 24.0 Å². The lowest BCUT2D eigenvalue weighted by atomic mass is 10.2. The Kier molecular flexibility index (Phi) is 9.58. The first-order chi connectivity index (χ1) is 12.0. The van der Waals surface area contributed by atoms with Gasteiger partial charge in [0, 0.05) is 46.3 Å². The number of benzene rings is 1. The highest BCUT2D eigenvalue weighted by Gasteiger charge is 2.21. The molecule has 0 radical (unpaired) electrons. The molecule has 2 rings (SSSR count). The fourth-order valence-corrected chi connectivity index (χ4v) is 3.30. The Labute approximate surface area is 172 Å². The van der Waals surface area contributed by atoms with Crippen molar-refractivity contribution < 1.29 is 12.8 Å². The van der Waals surface area contributed by atoms with Gasteiger partial charge in [-0.3, -0.25) is 4.99 Å². The van der Waals surface area contributed by atoms with E-state index >= 15 is 0 Å². The number of halogens is 2. The van der Waals surface area contributed by atoms with Crippen LogP contribution in [0.15, 0.2) is 29.3 Å². The predicted molar refractivity (Wildman–Crippen MR) is 114 cm³/mol. The Morgan fingerprint density at radius 2 is 1.85 bits per heavy atom. The Hall–Kier alpha value is -1.14. The fraction of sp³-hybridized carbons (Fsp3) is 0.562. The zero-order valence-electron chi connectivity index (χ0n) is 15.1. The summed E-state index contributed by atoms with van der Waals surface area (Å²) in [7, 11) is -1.48. The third-order valence-electron chi connectivity index (χ3n) is 4.09. The van der Waals surface area contributed by atoms with E-state index < -0.39 is 10.0 Å². The molecule has 0 atom stereocenters. The minimum Gasteiger partial charge on any atom is -0.366 e. The molecule has 1 fully saturated rings. The molecule has 0 unspecified atom stereocenters. The van der Waals surface area contributed by atoms with Gasteiger partial charge in [-0.25, -0.2) is 17.5 Å². The van der Waals surface area contributed by atoms with Crippen LogP contribution in [0.4, 0.5) is 10.1 Å². The lowest BCUT2D eigenvalue weighted by Gasteiger charge is -2.37. The number of rotatable bonds is 6. The Morgan fingerprint density at radius 1 is 1.19 bits per heavy atom. The average molecular weight is 499 g/mol. The van der Waals surface area contributed by atoms with Gasteiger partial charge in [-0.1, -0.05) is 12.1 Å². The van der Waals surface area contributed by atoms with Gasteiger partial charge in [0.15, 0.2) is 5.96 Å². The second kappa shape index (κ2) is 10.9. The van der Waals surface area contributed by atoms with Crippen molar-refractivity contribution in [1.29, 1.82) is 0 Å². The topological polar surface area (TPSA) is 77.0 Å². The van der Waals surface area contributed by atoms with Crippen LogP contribution in [0.5, 0.6) is 0 Å². The monoisotopic (exact) mass is 499 g/mol. The molecule has 10 heteroatoms. The Morgan fingerprint density at radius 3 is 2.42 bits per heavy atom. The van der Waals surface area contributed by atoms with Crippen LogP contribution >= 0.6 is 24.0 Å². The maximum Gasteiger partial charge on any atom is 0.211 e. The number of hydrogen-bond acceptors (Lipinski definition) is 4. The summed E-state index contributed by atoms with van der Waals surface area (Å²) in [6, 6.07) is 6.79. The molecule has 0 spiro atoms. The zero-order valence-corrected chi connectivity index (χ0v) is 18.3. The van der Waals surface area contributed by atoms with Crippen LogP contribution in [-0.2, 0) is 10.0 Å². The van der Waals surface area contributed by atoms with E-state index in [-0.39, 0.29) is 35.5 Å². The molecule has 1 aromatic carbocycles. The Balaban J connectivity index is 0.00000338. The van der Waals surface area contributed by atoms with Gasteiger partial charge in [-0.2, -0.15) is 0 Å². The number of piperazine rings is 1. The average Bonchev–Trinajstić information content (AvgIpc) is 2.62. The van der Waals surface area contributed by atoms with E-state index in [2.05, 4.69) is 19.9 Å². The molecule has 0 aliphatic carbocycles. The number of guanidine groups is 1. The quantitative estimate of drug-likeness (QED) is 0.265. The van der Waals surface area contributed by atoms with Gasteiger partial charge in [0.2, 0.25) is 10.0 Å². The molecular formula is C16H27FIN5O2S. The largest absolute Gasteiger partial charge is 0.366 e. The second-order valence-electron chi connectivity index (χ2n) is 5.70. The van der Waals surface area contributed by atoms with Crippen LogP contribution < -0.4 is 14.9 Å². The second-order valence-corrected chi connectivity index (χ2v) is 7.79. The molecule has 1 aromatic rings. The third-order valence-corrected chi connectivity index (χ3v) is 5.50. The normalized spacial score (nSPS) is 15.6. The maximum absolute atomic E-state index is 13.9. The molecule has 1 heterocycles. The van der Waals surface area contributed by atoms with Gasteiger partial charge < -0.3 is 15.1 Å². The number of aliphatic imine (C=N–C) groups is 1. The van der Waals surface area contributed by atoms with E-state index in [1.165, 1.54) is 6.07 Å². The van der Waals surface area contributed by atoms with Gasteiger partial charge >= 0.3 is 0 Å². The summed E-state index contributed by atoms with van der Waals surface area (Å²) in [6.45, 7) is 5.20. The van der Waals surface area contributed by atoms with Crippen molar-refractivity contribution in [2.75, 3.05) is 57.0 Å². The number of anilines is 1. The minimum absolute atomic E-state index is 0. The first kappa shape index (κ1) is 22.9. The fourth-order valence-electron chi connectivity index (χ4n) is 2.68. The van der Waals surface area contributed by atoms with Crippen molar-refractivity contribution in [3.05, 3.63) is 30.1 Å². The molecule has 7 nitrogen and oxygen atoms in total. The smallest absolute Gasteiger partial charge is 0.211 e. The number of sulfonamides is 1. The molecule has 1 saturated heterocycles. The van der Waals surface area contributed by atoms with Gasteiger partial charge in [0.05, 0.1) is 11.4 Å². The summed E-state index contributed by atoms with van der Waals surface area (Å²) >= 11 is 0. The van der Waals surface area contributed by atoms with Crippen molar-refractivity contribution in [1.82, 2.24) is 14.9 Å². The van der Waals surface area contributed by atoms with E-state index in [9.17, 15) is 12.8 Å². The molecule has 148 valence electrons. The number of para-hydroxylation sites is 1. The number of nitrogens with one attached hydrogen (secondary N) is 2. The summed E-state index contributed by atoms with van der Waals surface area (Å²) < 4.78 is 39.2. The van der Waals surface area contributed by atoms with Crippen molar-refractivity contribution in [2.24, 2.45) is 4.99 Å². The van der Waals surface area contributed by atoms with Crippen LogP contribution in [0.3, 0.4) is 0 Å². The van der Waals surface area contributed by atoms with E-state index in [4.69, 9.17) is 0 Å². The standard InChI is InChI=1S/C16H26FN5O2S.HI/c1-3-25(23,24)20-9-8-19-16(18-2)22-12-10-21(11-13-22)15-7-5-4-6-14(15)17;/h4-7,20H,3,8-13H2,1-2H3,(H,18,19);1H. The number of nitrogens with zero attached hydrogens (tertiary/aromatic N) is 3. The highest BCUT2D eigenvalue weighted by atomic mass is 127. The first-order valence-corrected chi connectivity index (χ1v) is 10.0. The summed E-state index contributed by atoms with van der Waals surface area (Å²) in [5.41, 5.74) is 0.624. The molecule has 0 saturated carbocycles. The van der Waals surface area contributed by atoms with Gasteiger partial charge in [0.1, 0.15) is 5.82 Å². The molecule has 26 heavy (non-hydrogen) atoms. The summed E-state index contributed by atoms with van der Waals surface area (Å²) in [4.78, 5) is 8.35. The molecule has 0 aromatic heterocycles. The van der Waals surface area contributed by atoms with E-state index in [1.807, 2.05) is 11.0 Å². The van der Waals surface area contributed by atoms with Gasteiger partial charge in [0.25, 0.3) is 0 Å². The predicted octanol–water partition coefficient (Wildman–Crippen LogP) is 1.08. The van der Waals surface area contributed by atoms with Crippen LogP contribution in [0.2, 0.25) is 0 Å². The molecule has 2 N–H and O–H groups in total. The molecule has 1 aliphatic heterocycles. The van der Waals surface area contributed by atoms with Crippen molar-refractivity contribution in [2.45, 2.75) is 6.92 Å². The van der Waals surface area contributed by atoms with Crippen molar-refractivity contribution in [3.63, 3.8) is 0 Å². The summed E-state index contributed by atoms with van der Waals surface area (Å²) in [5.74, 6) is 0.588. The highest BCUT2D eigenvalue weighted by Crippen LogP contribution is 2.20. The van der Waals surface area contributed by atoms with Gasteiger partial charge in [-0.05, 0) is 19.1 Å². The van der Waals surface area contributed by atoms with Crippen molar-refractivity contribution >= 4 is 45.6 Å². The van der Waals surface area contributed by atoms with Crippen LogP contribution in [0, 0.1) is 5.82 Å². The Bertz CT molecular complexity index is 694. The lowest BCUT2D eigenvalue weighted by Crippen LogP contribution is -2.53. The van der Waals surface area contributed by atoms with Crippen LogP contribution in [0.1, 0.15) is 6.92 Å². The molecular weight excluding hydrogens is 472 g/mol. The maximum atomic E-state index is 13.9. The molecule has 0 bridgehead atoms. The van der Waals surface area contributed by atoms with E-state index in [0.717, 1.165) is 5.96 Å². The SMILES string of the molecule is CCS(=O)(=O)NCCNC(=NC)N1CCN(c2ccccc2F)CC1.I. The summed E-state index contributed by atoms with van der Waals surface area (Å²) in [6.07, 6.45) is 0. The summed E-state index contributed by atoms with van der Waals surface area (Å²) in [5, 5.41) is 3.16. The van der Waals surface area contributed by atoms with Crippen molar-refractivity contribution in [3.8, 4) is 0 Å². The zero-order chi connectivity index (χ0) is 18.3. The lowest BCUT2D eigenvalue weighted by molar-refractivity contribution is 0.371. The first-order valence-electron chi connectivity index (χ1n) is 8.39. The minimum atomic E-state index is -3.18. The van der Waals surface area contributed by atoms with Crippen LogP contribution in [0.25, 0.3) is 0 Å². The van der Waals surface area contributed by atoms with E-state index in [1.54, 1.807) is 26.1 Å². The highest BCUT2D eigenvalue weighted by molar-refractivity contribution is 14.0. The molecule has 1 aliphatic rings. The third kappa shape index (κ3) is 6.54. The number of hydrogen-bond donors (Lipinski definition) is 2. The van der Waals surface area contributed by atoms with Crippen LogP contribution in [-0.4, -0.2) is 71.3 Å².